The molecule has 2 N–H and O–H groups in total. The second-order valence-corrected chi connectivity index (χ2v) is 5.42. The van der Waals surface area contributed by atoms with Gasteiger partial charge in [-0.15, -0.1) is 0 Å². The zero-order chi connectivity index (χ0) is 16.5. The Morgan fingerprint density at radius 1 is 1.17 bits per heavy atom. The molecular weight excluding hydrogens is 314 g/mol. The van der Waals surface area contributed by atoms with Gasteiger partial charge in [-0.1, -0.05) is 23.7 Å². The number of nitrogens with one attached hydrogen (secondary N) is 2. The fraction of sp³-hybridized carbons (Fsp3) is 0.294. The van der Waals surface area contributed by atoms with Crippen molar-refractivity contribution in [1.82, 2.24) is 10.3 Å². The molecule has 5 nitrogen and oxygen atoms in total. The Labute approximate surface area is 141 Å². The largest absolute Gasteiger partial charge is 0.383 e. The van der Waals surface area contributed by atoms with Gasteiger partial charge in [0.25, 0.3) is 5.91 Å². The third kappa shape index (κ3) is 5.88. The molecule has 2 aromatic rings. The summed E-state index contributed by atoms with van der Waals surface area (Å²) in [5.41, 5.74) is 1.67. The van der Waals surface area contributed by atoms with Crippen molar-refractivity contribution in [3.63, 3.8) is 0 Å². The van der Waals surface area contributed by atoms with E-state index in [0.29, 0.717) is 30.3 Å². The summed E-state index contributed by atoms with van der Waals surface area (Å²) in [4.78, 5) is 16.3. The van der Waals surface area contributed by atoms with Gasteiger partial charge in [-0.3, -0.25) is 4.79 Å². The lowest BCUT2D eigenvalue weighted by Gasteiger charge is -2.07. The molecule has 0 bridgehead atoms. The summed E-state index contributed by atoms with van der Waals surface area (Å²) in [5, 5.41) is 6.69. The summed E-state index contributed by atoms with van der Waals surface area (Å²) in [6.07, 6.45) is 2.32. The maximum Gasteiger partial charge on any atom is 0.252 e. The number of ether oxygens (including phenoxy) is 1. The number of carbonyl (C=O) groups is 1. The number of hydrogen-bond donors (Lipinski definition) is 2. The third-order valence-corrected chi connectivity index (χ3v) is 3.50. The van der Waals surface area contributed by atoms with Crippen molar-refractivity contribution < 1.29 is 9.53 Å². The molecule has 0 aliphatic carbocycles. The van der Waals surface area contributed by atoms with Crippen molar-refractivity contribution in [3.05, 3.63) is 58.7 Å². The predicted molar refractivity (Wildman–Crippen MR) is 92.1 cm³/mol. The first-order valence-electron chi connectivity index (χ1n) is 7.40. The highest BCUT2D eigenvalue weighted by atomic mass is 35.5. The van der Waals surface area contributed by atoms with E-state index in [1.807, 2.05) is 24.3 Å². The standard InChI is InChI=1S/C17H20ClN3O2/c1-23-11-10-19-16-7-4-14(12-21-16)17(22)20-9-8-13-2-5-15(18)6-3-13/h2-7,12H,8-11H2,1H3,(H,19,21)(H,20,22). The Morgan fingerprint density at radius 3 is 2.61 bits per heavy atom. The van der Waals surface area contributed by atoms with Crippen LogP contribution in [0.25, 0.3) is 0 Å². The van der Waals surface area contributed by atoms with Crippen LogP contribution in [0.2, 0.25) is 5.02 Å². The highest BCUT2D eigenvalue weighted by molar-refractivity contribution is 6.30. The number of rotatable bonds is 8. The Balaban J connectivity index is 1.77. The lowest BCUT2D eigenvalue weighted by atomic mass is 10.1. The average molecular weight is 334 g/mol. The molecule has 0 unspecified atom stereocenters. The quantitative estimate of drug-likeness (QED) is 0.729. The van der Waals surface area contributed by atoms with Gasteiger partial charge in [-0.05, 0) is 36.2 Å². The fourth-order valence-corrected chi connectivity index (χ4v) is 2.11. The minimum atomic E-state index is -0.130. The number of halogens is 1. The van der Waals surface area contributed by atoms with Gasteiger partial charge >= 0.3 is 0 Å². The van der Waals surface area contributed by atoms with Crippen LogP contribution in [0, 0.1) is 0 Å². The summed E-state index contributed by atoms with van der Waals surface area (Å²) in [6.45, 7) is 1.85. The SMILES string of the molecule is COCCNc1ccc(C(=O)NCCc2ccc(Cl)cc2)cn1. The molecule has 0 atom stereocenters. The minimum Gasteiger partial charge on any atom is -0.383 e. The van der Waals surface area contributed by atoms with Crippen LogP contribution in [0.15, 0.2) is 42.6 Å². The van der Waals surface area contributed by atoms with Gasteiger partial charge in [0.15, 0.2) is 0 Å². The van der Waals surface area contributed by atoms with E-state index in [4.69, 9.17) is 16.3 Å². The van der Waals surface area contributed by atoms with Crippen LogP contribution in [0.4, 0.5) is 5.82 Å². The monoisotopic (exact) mass is 333 g/mol. The van der Waals surface area contributed by atoms with Gasteiger partial charge in [0.1, 0.15) is 5.82 Å². The van der Waals surface area contributed by atoms with E-state index in [2.05, 4.69) is 15.6 Å². The molecule has 0 saturated carbocycles. The number of aromatic nitrogens is 1. The Bertz CT molecular complexity index is 615. The zero-order valence-corrected chi connectivity index (χ0v) is 13.8. The van der Waals surface area contributed by atoms with E-state index < -0.39 is 0 Å². The number of pyridine rings is 1. The Hall–Kier alpha value is -2.11. The summed E-state index contributed by atoms with van der Waals surface area (Å²) in [5.74, 6) is 0.592. The second kappa shape index (κ2) is 9.12. The molecule has 23 heavy (non-hydrogen) atoms. The molecule has 0 spiro atoms. The molecule has 0 aliphatic rings. The summed E-state index contributed by atoms with van der Waals surface area (Å²) >= 11 is 5.84. The molecule has 6 heteroatoms. The van der Waals surface area contributed by atoms with Gasteiger partial charge < -0.3 is 15.4 Å². The molecule has 1 aromatic carbocycles. The van der Waals surface area contributed by atoms with Crippen molar-refractivity contribution in [2.45, 2.75) is 6.42 Å². The second-order valence-electron chi connectivity index (χ2n) is 4.98. The van der Waals surface area contributed by atoms with Crippen LogP contribution < -0.4 is 10.6 Å². The molecule has 122 valence electrons. The number of methoxy groups -OCH3 is 1. The average Bonchev–Trinajstić information content (AvgIpc) is 2.57. The van der Waals surface area contributed by atoms with Crippen molar-refractivity contribution >= 4 is 23.3 Å². The normalized spacial score (nSPS) is 10.3. The fourth-order valence-electron chi connectivity index (χ4n) is 1.99. The third-order valence-electron chi connectivity index (χ3n) is 3.25. The molecule has 1 heterocycles. The van der Waals surface area contributed by atoms with Crippen molar-refractivity contribution in [2.24, 2.45) is 0 Å². The molecular formula is C17H20ClN3O2. The number of hydrogen-bond acceptors (Lipinski definition) is 4. The van der Waals surface area contributed by atoms with Gasteiger partial charge in [0.2, 0.25) is 0 Å². The first kappa shape index (κ1) is 17.2. The van der Waals surface area contributed by atoms with Crippen LogP contribution in [0.5, 0.6) is 0 Å². The topological polar surface area (TPSA) is 63.2 Å². The first-order valence-corrected chi connectivity index (χ1v) is 7.78. The van der Waals surface area contributed by atoms with Gasteiger partial charge in [0, 0.05) is 31.4 Å². The molecule has 0 saturated heterocycles. The number of anilines is 1. The number of benzene rings is 1. The van der Waals surface area contributed by atoms with Crippen molar-refractivity contribution in [3.8, 4) is 0 Å². The van der Waals surface area contributed by atoms with Crippen LogP contribution in [-0.4, -0.2) is 37.7 Å². The van der Waals surface area contributed by atoms with Gasteiger partial charge in [-0.2, -0.15) is 0 Å². The number of carbonyl (C=O) groups excluding carboxylic acids is 1. The molecule has 1 amide bonds. The van der Waals surface area contributed by atoms with Gasteiger partial charge in [0.05, 0.1) is 12.2 Å². The molecule has 0 radical (unpaired) electrons. The van der Waals surface area contributed by atoms with Crippen LogP contribution in [-0.2, 0) is 11.2 Å². The maximum absolute atomic E-state index is 12.0. The molecule has 0 fully saturated rings. The highest BCUT2D eigenvalue weighted by Gasteiger charge is 2.05. The minimum absolute atomic E-state index is 0.130. The first-order chi connectivity index (χ1) is 11.2. The summed E-state index contributed by atoms with van der Waals surface area (Å²) in [7, 11) is 1.65. The Kier molecular flexibility index (Phi) is 6.84. The maximum atomic E-state index is 12.0. The molecule has 2 rings (SSSR count). The van der Waals surface area contributed by atoms with Crippen LogP contribution in [0.3, 0.4) is 0 Å². The van der Waals surface area contributed by atoms with Crippen molar-refractivity contribution in [2.75, 3.05) is 32.1 Å². The number of amides is 1. The lowest BCUT2D eigenvalue weighted by Crippen LogP contribution is -2.25. The van der Waals surface area contributed by atoms with E-state index in [1.54, 1.807) is 25.4 Å². The van der Waals surface area contributed by atoms with Crippen LogP contribution >= 0.6 is 11.6 Å². The molecule has 0 aliphatic heterocycles. The highest BCUT2D eigenvalue weighted by Crippen LogP contribution is 2.09. The van der Waals surface area contributed by atoms with E-state index in [9.17, 15) is 4.79 Å². The van der Waals surface area contributed by atoms with Gasteiger partial charge in [-0.25, -0.2) is 4.98 Å². The van der Waals surface area contributed by atoms with E-state index in [-0.39, 0.29) is 5.91 Å². The summed E-state index contributed by atoms with van der Waals surface area (Å²) in [6, 6.07) is 11.1. The predicted octanol–water partition coefficient (Wildman–Crippen LogP) is 2.77. The Morgan fingerprint density at radius 2 is 1.96 bits per heavy atom. The van der Waals surface area contributed by atoms with Crippen molar-refractivity contribution in [1.29, 1.82) is 0 Å². The smallest absolute Gasteiger partial charge is 0.252 e. The summed E-state index contributed by atoms with van der Waals surface area (Å²) < 4.78 is 4.95. The zero-order valence-electron chi connectivity index (χ0n) is 13.0. The lowest BCUT2D eigenvalue weighted by molar-refractivity contribution is 0.0954. The van der Waals surface area contributed by atoms with E-state index in [0.717, 1.165) is 17.8 Å². The molecule has 1 aromatic heterocycles. The van der Waals surface area contributed by atoms with E-state index >= 15 is 0 Å². The van der Waals surface area contributed by atoms with Crippen LogP contribution in [0.1, 0.15) is 15.9 Å². The number of nitrogens with zero attached hydrogens (tertiary/aromatic N) is 1. The van der Waals surface area contributed by atoms with E-state index in [1.165, 1.54) is 0 Å².